The van der Waals surface area contributed by atoms with Gasteiger partial charge in [0, 0.05) is 10.8 Å². The standard InChI is InChI=1S/C25H24O7P2/c1-2-3-4-16-30-34(29,32-33(26,27)28)31-22-15-14-18-10-6-12-20-19-11-5-8-17-9-7-13-21(23(17)19)25(22)24(18)20/h5-15H,2-4,16H2,1H3,(H2,26,27,28). The highest BCUT2D eigenvalue weighted by Gasteiger charge is 2.38. The molecule has 0 bridgehead atoms. The van der Waals surface area contributed by atoms with Crippen molar-refractivity contribution in [3.63, 3.8) is 0 Å². The summed E-state index contributed by atoms with van der Waals surface area (Å²) in [6.45, 7) is 1.98. The third-order valence-electron chi connectivity index (χ3n) is 5.89. The van der Waals surface area contributed by atoms with Crippen molar-refractivity contribution >= 4 is 58.7 Å². The molecule has 0 heterocycles. The number of hydrogen-bond acceptors (Lipinski definition) is 5. The lowest BCUT2D eigenvalue weighted by molar-refractivity contribution is 0.181. The van der Waals surface area contributed by atoms with Crippen molar-refractivity contribution in [3.05, 3.63) is 66.7 Å². The third kappa shape index (κ3) is 4.32. The number of rotatable bonds is 9. The zero-order chi connectivity index (χ0) is 23.9. The van der Waals surface area contributed by atoms with Crippen LogP contribution < -0.4 is 4.52 Å². The number of hydrogen-bond donors (Lipinski definition) is 2. The molecule has 0 aliphatic heterocycles. The molecule has 0 saturated heterocycles. The van der Waals surface area contributed by atoms with Crippen molar-refractivity contribution in [3.8, 4) is 5.75 Å². The molecule has 7 nitrogen and oxygen atoms in total. The first-order chi connectivity index (χ1) is 16.3. The van der Waals surface area contributed by atoms with Crippen LogP contribution in [0, 0.1) is 0 Å². The molecule has 5 rings (SSSR count). The van der Waals surface area contributed by atoms with Gasteiger partial charge in [0.25, 0.3) is 0 Å². The number of benzene rings is 5. The summed E-state index contributed by atoms with van der Waals surface area (Å²) >= 11 is 0. The molecule has 0 aliphatic rings. The molecule has 0 saturated carbocycles. The smallest absolute Gasteiger partial charge is 0.403 e. The van der Waals surface area contributed by atoms with E-state index in [1.807, 2.05) is 61.5 Å². The summed E-state index contributed by atoms with van der Waals surface area (Å²) in [5.74, 6) is 0.175. The van der Waals surface area contributed by atoms with Gasteiger partial charge < -0.3 is 14.3 Å². The first kappa shape index (κ1) is 23.3. The van der Waals surface area contributed by atoms with Crippen LogP contribution in [0.2, 0.25) is 0 Å². The first-order valence-corrected chi connectivity index (χ1v) is 14.1. The highest BCUT2D eigenvalue weighted by molar-refractivity contribution is 7.61. The number of phosphoric acid groups is 2. The summed E-state index contributed by atoms with van der Waals surface area (Å²) in [6.07, 6.45) is 2.25. The Morgan fingerprint density at radius 3 is 2.00 bits per heavy atom. The van der Waals surface area contributed by atoms with Crippen LogP contribution in [0.25, 0.3) is 43.1 Å². The largest absolute Gasteiger partial charge is 0.539 e. The molecule has 0 aliphatic carbocycles. The Morgan fingerprint density at radius 1 is 0.735 bits per heavy atom. The summed E-state index contributed by atoms with van der Waals surface area (Å²) in [5, 5.41) is 7.56. The lowest BCUT2D eigenvalue weighted by Crippen LogP contribution is -2.04. The highest BCUT2D eigenvalue weighted by atomic mass is 31.3. The maximum atomic E-state index is 13.4. The SMILES string of the molecule is CCCCCOP(=O)(Oc1ccc2cccc3c4cccc5cccc(c1c23)c54)OP(=O)(O)O. The maximum Gasteiger partial charge on any atom is 0.539 e. The van der Waals surface area contributed by atoms with Crippen LogP contribution in [-0.2, 0) is 18.0 Å². The van der Waals surface area contributed by atoms with Crippen LogP contribution in [0.4, 0.5) is 0 Å². The van der Waals surface area contributed by atoms with Gasteiger partial charge in [-0.25, -0.2) is 9.13 Å². The van der Waals surface area contributed by atoms with Crippen molar-refractivity contribution in [2.75, 3.05) is 6.61 Å². The van der Waals surface area contributed by atoms with E-state index in [9.17, 15) is 18.9 Å². The predicted molar refractivity (Wildman–Crippen MR) is 134 cm³/mol. The van der Waals surface area contributed by atoms with E-state index in [0.717, 1.165) is 50.5 Å². The molecule has 0 spiro atoms. The normalized spacial score (nSPS) is 14.3. The van der Waals surface area contributed by atoms with Crippen LogP contribution in [-0.4, -0.2) is 16.4 Å². The van der Waals surface area contributed by atoms with Gasteiger partial charge in [-0.05, 0) is 44.8 Å². The minimum absolute atomic E-state index is 0.0162. The fourth-order valence-electron chi connectivity index (χ4n) is 4.55. The second-order valence-electron chi connectivity index (χ2n) is 8.20. The van der Waals surface area contributed by atoms with Crippen LogP contribution in [0.15, 0.2) is 66.7 Å². The lowest BCUT2D eigenvalue weighted by Gasteiger charge is -2.21. The Bertz CT molecular complexity index is 1590. The predicted octanol–water partition coefficient (Wildman–Crippen LogP) is 7.54. The van der Waals surface area contributed by atoms with E-state index in [4.69, 9.17) is 9.05 Å². The van der Waals surface area contributed by atoms with Crippen LogP contribution in [0.1, 0.15) is 26.2 Å². The second kappa shape index (κ2) is 8.94. The monoisotopic (exact) mass is 498 g/mol. The maximum absolute atomic E-state index is 13.4. The number of phosphoric ester groups is 1. The Labute approximate surface area is 196 Å². The summed E-state index contributed by atoms with van der Waals surface area (Å²) < 4.78 is 40.7. The molecule has 34 heavy (non-hydrogen) atoms. The molecule has 5 aromatic carbocycles. The fourth-order valence-corrected chi connectivity index (χ4v) is 6.71. The fraction of sp³-hybridized carbons (Fsp3) is 0.200. The van der Waals surface area contributed by atoms with Gasteiger partial charge in [-0.3, -0.25) is 4.52 Å². The van der Waals surface area contributed by atoms with Gasteiger partial charge in [0.2, 0.25) is 0 Å². The topological polar surface area (TPSA) is 102 Å². The average molecular weight is 498 g/mol. The number of fused-ring (bicyclic) bond motifs is 2. The molecule has 176 valence electrons. The lowest BCUT2D eigenvalue weighted by atomic mass is 9.89. The van der Waals surface area contributed by atoms with E-state index in [1.54, 1.807) is 6.07 Å². The van der Waals surface area contributed by atoms with Gasteiger partial charge in [-0.2, -0.15) is 4.31 Å². The van der Waals surface area contributed by atoms with E-state index in [1.165, 1.54) is 0 Å². The molecule has 9 heteroatoms. The minimum Gasteiger partial charge on any atom is -0.403 e. The molecule has 0 fully saturated rings. The van der Waals surface area contributed by atoms with Crippen molar-refractivity contribution in [1.29, 1.82) is 0 Å². The molecule has 1 unspecified atom stereocenters. The van der Waals surface area contributed by atoms with Crippen molar-refractivity contribution in [2.45, 2.75) is 26.2 Å². The third-order valence-corrected chi connectivity index (χ3v) is 8.46. The highest BCUT2D eigenvalue weighted by Crippen LogP contribution is 2.62. The van der Waals surface area contributed by atoms with Crippen LogP contribution in [0.3, 0.4) is 0 Å². The summed E-state index contributed by atoms with van der Waals surface area (Å²) in [4.78, 5) is 18.8. The van der Waals surface area contributed by atoms with E-state index in [2.05, 4.69) is 10.4 Å². The Hall–Kier alpha value is -2.50. The second-order valence-corrected chi connectivity index (χ2v) is 11.2. The Balaban J connectivity index is 1.74. The van der Waals surface area contributed by atoms with E-state index < -0.39 is 15.6 Å². The number of unbranched alkanes of at least 4 members (excludes halogenated alkanes) is 2. The van der Waals surface area contributed by atoms with Gasteiger partial charge in [-0.1, -0.05) is 80.4 Å². The Kier molecular flexibility index (Phi) is 6.11. The zero-order valence-electron chi connectivity index (χ0n) is 18.5. The quantitative estimate of drug-likeness (QED) is 0.0937. The van der Waals surface area contributed by atoms with Crippen molar-refractivity contribution < 1.29 is 32.3 Å². The summed E-state index contributed by atoms with van der Waals surface area (Å²) in [6, 6.07) is 21.5. The molecular formula is C25H24O7P2. The molecular weight excluding hydrogens is 474 g/mol. The van der Waals surface area contributed by atoms with Gasteiger partial charge in [0.15, 0.2) is 0 Å². The average Bonchev–Trinajstić information content (AvgIpc) is 2.79. The molecule has 0 aromatic heterocycles. The molecule has 5 aromatic rings. The summed E-state index contributed by atoms with van der Waals surface area (Å²) in [7, 11) is -9.79. The van der Waals surface area contributed by atoms with E-state index in [0.29, 0.717) is 11.8 Å². The zero-order valence-corrected chi connectivity index (χ0v) is 20.3. The van der Waals surface area contributed by atoms with Gasteiger partial charge in [-0.15, -0.1) is 0 Å². The first-order valence-electron chi connectivity index (χ1n) is 11.1. The van der Waals surface area contributed by atoms with E-state index >= 15 is 0 Å². The van der Waals surface area contributed by atoms with Gasteiger partial charge >= 0.3 is 15.6 Å². The van der Waals surface area contributed by atoms with Crippen molar-refractivity contribution in [2.24, 2.45) is 0 Å². The van der Waals surface area contributed by atoms with E-state index in [-0.39, 0.29) is 12.4 Å². The van der Waals surface area contributed by atoms with Crippen LogP contribution >= 0.6 is 15.6 Å². The molecule has 1 atom stereocenters. The Morgan fingerprint density at radius 2 is 1.35 bits per heavy atom. The molecule has 0 amide bonds. The summed E-state index contributed by atoms with van der Waals surface area (Å²) in [5.41, 5.74) is 0. The van der Waals surface area contributed by atoms with Gasteiger partial charge in [0.1, 0.15) is 5.75 Å². The minimum atomic E-state index is -5.16. The molecule has 0 radical (unpaired) electrons. The molecule has 2 N–H and O–H groups in total. The van der Waals surface area contributed by atoms with Gasteiger partial charge in [0.05, 0.1) is 6.61 Å². The van der Waals surface area contributed by atoms with Crippen LogP contribution in [0.5, 0.6) is 5.75 Å². The van der Waals surface area contributed by atoms with Crippen molar-refractivity contribution in [1.82, 2.24) is 0 Å².